The van der Waals surface area contributed by atoms with Crippen LogP contribution in [0.1, 0.15) is 44.4 Å². The molecule has 0 saturated heterocycles. The van der Waals surface area contributed by atoms with Gasteiger partial charge < -0.3 is 34.9 Å². The van der Waals surface area contributed by atoms with Crippen molar-refractivity contribution in [2.45, 2.75) is 45.3 Å². The molecule has 0 saturated carbocycles. The van der Waals surface area contributed by atoms with Crippen LogP contribution in [0.5, 0.6) is 5.75 Å². The van der Waals surface area contributed by atoms with E-state index in [4.69, 9.17) is 21.1 Å². The lowest BCUT2D eigenvalue weighted by molar-refractivity contribution is 0.0231. The number of fused-ring (bicyclic) bond motifs is 1. The topological polar surface area (TPSA) is 124 Å². The number of aliphatic hydroxyl groups is 1. The van der Waals surface area contributed by atoms with Crippen molar-refractivity contribution >= 4 is 39.2 Å². The van der Waals surface area contributed by atoms with Crippen molar-refractivity contribution in [2.75, 3.05) is 39.4 Å². The Labute approximate surface area is 231 Å². The summed E-state index contributed by atoms with van der Waals surface area (Å²) in [4.78, 5) is 28.4. The van der Waals surface area contributed by atoms with E-state index in [1.54, 1.807) is 11.0 Å². The summed E-state index contributed by atoms with van der Waals surface area (Å²) in [6.07, 6.45) is 0.118. The average molecular weight is 566 g/mol. The first-order valence-corrected chi connectivity index (χ1v) is 13.8. The number of halogens is 1. The number of aromatic amines is 1. The largest absolute Gasteiger partial charge is 0.506 e. The molecule has 0 aliphatic rings. The Morgan fingerprint density at radius 1 is 1.21 bits per heavy atom. The molecule has 3 aromatic rings. The Kier molecular flexibility index (Phi) is 11.0. The van der Waals surface area contributed by atoms with Gasteiger partial charge in [0, 0.05) is 43.4 Å². The molecule has 0 aliphatic carbocycles. The smallest absolute Gasteiger partial charge is 0.410 e. The fourth-order valence-corrected chi connectivity index (χ4v) is 4.96. The van der Waals surface area contributed by atoms with Gasteiger partial charge in [-0.05, 0) is 57.4 Å². The molecular weight excluding hydrogens is 530 g/mol. The van der Waals surface area contributed by atoms with Crippen LogP contribution in [0.15, 0.2) is 41.2 Å². The normalized spacial score (nSPS) is 12.6. The lowest BCUT2D eigenvalue weighted by atomic mass is 10.1. The molecule has 1 amide bonds. The van der Waals surface area contributed by atoms with Gasteiger partial charge in [0.1, 0.15) is 16.9 Å². The third-order valence-corrected chi connectivity index (χ3v) is 6.80. The lowest BCUT2D eigenvalue weighted by Crippen LogP contribution is -2.39. The van der Waals surface area contributed by atoms with Crippen LogP contribution in [-0.4, -0.2) is 71.2 Å². The molecule has 1 aromatic heterocycles. The highest BCUT2D eigenvalue weighted by Crippen LogP contribution is 2.31. The summed E-state index contributed by atoms with van der Waals surface area (Å²) in [5.41, 5.74) is 1.39. The van der Waals surface area contributed by atoms with Gasteiger partial charge in [-0.1, -0.05) is 41.1 Å². The zero-order valence-electron chi connectivity index (χ0n) is 22.0. The van der Waals surface area contributed by atoms with Crippen LogP contribution in [0.2, 0.25) is 5.02 Å². The summed E-state index contributed by atoms with van der Waals surface area (Å²) in [7, 11) is 0. The summed E-state index contributed by atoms with van der Waals surface area (Å²) in [6, 6.07) is 10.7. The van der Waals surface area contributed by atoms with Crippen LogP contribution in [0.3, 0.4) is 0 Å². The van der Waals surface area contributed by atoms with Gasteiger partial charge in [0.15, 0.2) is 0 Å². The fourth-order valence-electron chi connectivity index (χ4n) is 3.83. The number of aromatic hydroxyl groups is 1. The monoisotopic (exact) mass is 565 g/mol. The van der Waals surface area contributed by atoms with E-state index in [0.29, 0.717) is 66.5 Å². The molecule has 0 unspecified atom stereocenters. The number of ether oxygens (including phenoxy) is 2. The third kappa shape index (κ3) is 9.28. The maximum Gasteiger partial charge on any atom is 0.410 e. The Morgan fingerprint density at radius 3 is 2.74 bits per heavy atom. The molecule has 38 heavy (non-hydrogen) atoms. The second-order valence-electron chi connectivity index (χ2n) is 9.93. The van der Waals surface area contributed by atoms with Crippen molar-refractivity contribution in [3.05, 3.63) is 62.2 Å². The van der Waals surface area contributed by atoms with Gasteiger partial charge in [-0.15, -0.1) is 0 Å². The van der Waals surface area contributed by atoms with Crippen molar-refractivity contribution in [1.29, 1.82) is 0 Å². The third-order valence-electron chi connectivity index (χ3n) is 5.64. The van der Waals surface area contributed by atoms with Gasteiger partial charge in [0.2, 0.25) is 0 Å². The summed E-state index contributed by atoms with van der Waals surface area (Å²) in [5, 5.41) is 24.3. The first-order chi connectivity index (χ1) is 18.0. The minimum atomic E-state index is -0.841. The highest BCUT2D eigenvalue weighted by atomic mass is 35.5. The molecule has 0 bridgehead atoms. The van der Waals surface area contributed by atoms with Gasteiger partial charge >= 0.3 is 11.0 Å². The van der Waals surface area contributed by atoms with Crippen LogP contribution in [0.4, 0.5) is 4.79 Å². The minimum absolute atomic E-state index is 0.0228. The van der Waals surface area contributed by atoms with Crippen LogP contribution in [0, 0.1) is 0 Å². The van der Waals surface area contributed by atoms with Gasteiger partial charge in [0.05, 0.1) is 17.4 Å². The minimum Gasteiger partial charge on any atom is -0.506 e. The van der Waals surface area contributed by atoms with Gasteiger partial charge in [0.25, 0.3) is 0 Å². The molecule has 0 spiro atoms. The Bertz CT molecular complexity index is 1260. The number of phenolic OH excluding ortho intramolecular Hbond substituents is 1. The molecule has 0 aliphatic heterocycles. The maximum absolute atomic E-state index is 12.7. The first-order valence-electron chi connectivity index (χ1n) is 12.6. The molecule has 3 rings (SSSR count). The predicted octanol–water partition coefficient (Wildman–Crippen LogP) is 4.46. The van der Waals surface area contributed by atoms with Crippen molar-refractivity contribution in [3.8, 4) is 5.75 Å². The molecular formula is C27H36ClN3O6S. The van der Waals surface area contributed by atoms with Crippen molar-refractivity contribution in [1.82, 2.24) is 15.2 Å². The number of hydrogen-bond donors (Lipinski definition) is 4. The predicted molar refractivity (Wildman–Crippen MR) is 150 cm³/mol. The van der Waals surface area contributed by atoms with Gasteiger partial charge in [-0.2, -0.15) is 0 Å². The molecule has 0 fully saturated rings. The first kappa shape index (κ1) is 29.9. The Hall–Kier alpha value is -2.63. The number of carbonyl (C=O) groups is 1. The molecule has 11 heteroatoms. The number of aliphatic hydroxyl groups excluding tert-OH is 1. The van der Waals surface area contributed by atoms with Crippen LogP contribution >= 0.6 is 22.9 Å². The molecule has 208 valence electrons. The van der Waals surface area contributed by atoms with Crippen molar-refractivity contribution < 1.29 is 24.5 Å². The number of nitrogens with zero attached hydrogens (tertiary/aromatic N) is 1. The number of rotatable bonds is 13. The highest BCUT2D eigenvalue weighted by molar-refractivity contribution is 7.16. The van der Waals surface area contributed by atoms with E-state index in [1.807, 2.05) is 45.0 Å². The zero-order valence-corrected chi connectivity index (χ0v) is 23.5. The number of carbonyl (C=O) groups excluding carboxylic acids is 1. The Morgan fingerprint density at radius 2 is 2.00 bits per heavy atom. The summed E-state index contributed by atoms with van der Waals surface area (Å²) < 4.78 is 11.8. The van der Waals surface area contributed by atoms with E-state index in [9.17, 15) is 19.8 Å². The zero-order chi connectivity index (χ0) is 27.7. The number of hydrogen-bond acceptors (Lipinski definition) is 8. The SMILES string of the molecule is CC(C)(C)OC(=O)N(CCCOCCNC[C@H](O)c1ccc(O)c2[nH]c(=O)sc12)CCc1cccc(Cl)c1. The fraction of sp³-hybridized carbons (Fsp3) is 0.481. The van der Waals surface area contributed by atoms with Crippen LogP contribution < -0.4 is 10.2 Å². The molecule has 1 atom stereocenters. The number of aromatic nitrogens is 1. The second kappa shape index (κ2) is 14.0. The molecule has 4 N–H and O–H groups in total. The number of thiazole rings is 1. The molecule has 9 nitrogen and oxygen atoms in total. The van der Waals surface area contributed by atoms with E-state index < -0.39 is 11.7 Å². The van der Waals surface area contributed by atoms with Gasteiger partial charge in [-0.3, -0.25) is 4.79 Å². The highest BCUT2D eigenvalue weighted by Gasteiger charge is 2.22. The number of phenols is 1. The molecule has 2 aromatic carbocycles. The van der Waals surface area contributed by atoms with Crippen molar-refractivity contribution in [2.24, 2.45) is 0 Å². The summed E-state index contributed by atoms with van der Waals surface area (Å²) >= 11 is 7.04. The molecule has 1 heterocycles. The van der Waals surface area contributed by atoms with E-state index >= 15 is 0 Å². The average Bonchev–Trinajstić information content (AvgIpc) is 3.23. The van der Waals surface area contributed by atoms with Crippen molar-refractivity contribution in [3.63, 3.8) is 0 Å². The standard InChI is InChI=1S/C27H36ClN3O6S/c1-27(2,3)37-26(35)31(13-10-18-6-4-7-19(28)16-18)12-5-14-36-15-11-29-17-22(33)20-8-9-21(32)23-24(20)38-25(34)30-23/h4,6-9,16,22,29,32-33H,5,10-15,17H2,1-3H3,(H,30,34)/t22-/m0/s1. The quantitative estimate of drug-likeness (QED) is 0.226. The maximum atomic E-state index is 12.7. The van der Waals surface area contributed by atoms with E-state index in [2.05, 4.69) is 10.3 Å². The number of H-pyrrole nitrogens is 1. The van der Waals surface area contributed by atoms with E-state index in [1.165, 1.54) is 6.07 Å². The summed E-state index contributed by atoms with van der Waals surface area (Å²) in [5.74, 6) is -0.0228. The summed E-state index contributed by atoms with van der Waals surface area (Å²) in [6.45, 7) is 8.23. The van der Waals surface area contributed by atoms with E-state index in [0.717, 1.165) is 16.9 Å². The van der Waals surface area contributed by atoms with Crippen LogP contribution in [-0.2, 0) is 15.9 Å². The number of nitrogens with one attached hydrogen (secondary N) is 2. The van der Waals surface area contributed by atoms with Crippen LogP contribution in [0.25, 0.3) is 10.2 Å². The number of amides is 1. The molecule has 0 radical (unpaired) electrons. The Balaban J connectivity index is 1.38. The second-order valence-corrected chi connectivity index (χ2v) is 11.3. The lowest BCUT2D eigenvalue weighted by Gasteiger charge is -2.27. The number of benzene rings is 2. The van der Waals surface area contributed by atoms with Gasteiger partial charge in [-0.25, -0.2) is 4.79 Å². The van der Waals surface area contributed by atoms with E-state index in [-0.39, 0.29) is 23.3 Å².